The first-order valence-electron chi connectivity index (χ1n) is 12.1. The van der Waals surface area contributed by atoms with Crippen LogP contribution in [-0.4, -0.2) is 50.8 Å². The maximum Gasteiger partial charge on any atom is 0.243 e. The first-order valence-corrected chi connectivity index (χ1v) is 13.5. The van der Waals surface area contributed by atoms with E-state index in [4.69, 9.17) is 4.74 Å². The lowest BCUT2D eigenvalue weighted by molar-refractivity contribution is -0.135. The molecule has 35 heavy (non-hydrogen) atoms. The summed E-state index contributed by atoms with van der Waals surface area (Å²) in [4.78, 5) is 15.2. The van der Waals surface area contributed by atoms with E-state index in [0.717, 1.165) is 27.6 Å². The third-order valence-corrected chi connectivity index (χ3v) is 8.81. The Balaban J connectivity index is 1.36. The fourth-order valence-corrected chi connectivity index (χ4v) is 6.15. The van der Waals surface area contributed by atoms with Crippen LogP contribution in [0.3, 0.4) is 0 Å². The molecule has 0 aliphatic carbocycles. The van der Waals surface area contributed by atoms with Gasteiger partial charge in [-0.25, -0.2) is 8.42 Å². The zero-order valence-corrected chi connectivity index (χ0v) is 21.7. The first kappa shape index (κ1) is 25.2. The number of carbonyl (C=O) groups excluding carboxylic acids is 1. The summed E-state index contributed by atoms with van der Waals surface area (Å²) in [6.45, 7) is 5.40. The number of methoxy groups -OCH3 is 1. The number of ether oxygens (including phenoxy) is 1. The third-order valence-electron chi connectivity index (χ3n) is 6.90. The molecule has 7 heteroatoms. The number of piperidine rings is 1. The second-order valence-corrected chi connectivity index (χ2v) is 11.6. The van der Waals surface area contributed by atoms with E-state index in [-0.39, 0.29) is 11.8 Å². The highest BCUT2D eigenvalue weighted by Gasteiger charge is 2.33. The van der Waals surface area contributed by atoms with Crippen molar-refractivity contribution in [1.82, 2.24) is 9.21 Å². The minimum atomic E-state index is -3.55. The second kappa shape index (κ2) is 10.4. The predicted octanol–water partition coefficient (Wildman–Crippen LogP) is 5.03. The van der Waals surface area contributed by atoms with E-state index >= 15 is 0 Å². The van der Waals surface area contributed by atoms with E-state index in [1.54, 1.807) is 24.1 Å². The number of amides is 1. The zero-order valence-electron chi connectivity index (χ0n) is 20.9. The van der Waals surface area contributed by atoms with Crippen molar-refractivity contribution in [3.05, 3.63) is 71.8 Å². The number of hydrogen-bond acceptors (Lipinski definition) is 4. The molecule has 0 atom stereocenters. The number of carbonyl (C=O) groups is 1. The van der Waals surface area contributed by atoms with E-state index in [1.807, 2.05) is 49.5 Å². The highest BCUT2D eigenvalue weighted by molar-refractivity contribution is 7.89. The van der Waals surface area contributed by atoms with Gasteiger partial charge in [-0.05, 0) is 71.0 Å². The predicted molar refractivity (Wildman–Crippen MR) is 139 cm³/mol. The minimum Gasteiger partial charge on any atom is -0.497 e. The summed E-state index contributed by atoms with van der Waals surface area (Å²) in [6, 6.07) is 19.3. The van der Waals surface area contributed by atoms with Gasteiger partial charge < -0.3 is 9.64 Å². The largest absolute Gasteiger partial charge is 0.497 e. The summed E-state index contributed by atoms with van der Waals surface area (Å²) in [5, 5.41) is 2.19. The Labute approximate surface area is 208 Å². The summed E-state index contributed by atoms with van der Waals surface area (Å²) in [7, 11) is -0.0766. The topological polar surface area (TPSA) is 66.9 Å². The van der Waals surface area contributed by atoms with Gasteiger partial charge in [0.2, 0.25) is 15.9 Å². The van der Waals surface area contributed by atoms with Crippen LogP contribution in [-0.2, 0) is 21.4 Å². The van der Waals surface area contributed by atoms with Crippen molar-refractivity contribution in [3.8, 4) is 5.75 Å². The lowest BCUT2D eigenvalue weighted by Crippen LogP contribution is -2.43. The van der Waals surface area contributed by atoms with Crippen LogP contribution in [0.5, 0.6) is 5.75 Å². The quantitative estimate of drug-likeness (QED) is 0.462. The van der Waals surface area contributed by atoms with Gasteiger partial charge in [0.15, 0.2) is 0 Å². The molecule has 0 bridgehead atoms. The molecule has 0 aromatic heterocycles. The molecule has 1 saturated heterocycles. The van der Waals surface area contributed by atoms with Gasteiger partial charge in [-0.15, -0.1) is 0 Å². The molecule has 1 aliphatic rings. The molecule has 4 rings (SSSR count). The number of hydrogen-bond donors (Lipinski definition) is 0. The van der Waals surface area contributed by atoms with Crippen LogP contribution in [0.2, 0.25) is 0 Å². The second-order valence-electron chi connectivity index (χ2n) is 9.64. The van der Waals surface area contributed by atoms with Gasteiger partial charge in [-0.2, -0.15) is 4.31 Å². The minimum absolute atomic E-state index is 0.0677. The van der Waals surface area contributed by atoms with Gasteiger partial charge in [0.1, 0.15) is 5.75 Å². The van der Waals surface area contributed by atoms with Gasteiger partial charge in [-0.3, -0.25) is 4.79 Å². The van der Waals surface area contributed by atoms with Crippen molar-refractivity contribution in [2.45, 2.75) is 44.0 Å². The van der Waals surface area contributed by atoms with Crippen molar-refractivity contribution in [1.29, 1.82) is 0 Å². The molecule has 1 fully saturated rings. The Kier molecular flexibility index (Phi) is 7.47. The molecular weight excluding hydrogens is 460 g/mol. The SMILES string of the molecule is COc1ccc2cc(CN(C)C(=O)C3CCN(S(=O)(=O)c4ccc(C(C)C)cc4)CC3)ccc2c1. The van der Waals surface area contributed by atoms with Gasteiger partial charge in [0.05, 0.1) is 12.0 Å². The van der Waals surface area contributed by atoms with Crippen LogP contribution in [0, 0.1) is 5.92 Å². The molecule has 3 aromatic carbocycles. The van der Waals surface area contributed by atoms with Crippen LogP contribution in [0.25, 0.3) is 10.8 Å². The third kappa shape index (κ3) is 5.52. The monoisotopic (exact) mass is 494 g/mol. The van der Waals surface area contributed by atoms with Crippen LogP contribution in [0.4, 0.5) is 0 Å². The molecule has 0 radical (unpaired) electrons. The lowest BCUT2D eigenvalue weighted by atomic mass is 9.96. The van der Waals surface area contributed by atoms with Crippen molar-refractivity contribution >= 4 is 26.7 Å². The molecule has 0 saturated carbocycles. The maximum absolute atomic E-state index is 13.1. The highest BCUT2D eigenvalue weighted by Crippen LogP contribution is 2.27. The fraction of sp³-hybridized carbons (Fsp3) is 0.393. The Hall–Kier alpha value is -2.90. The number of nitrogens with zero attached hydrogens (tertiary/aromatic N) is 2. The molecule has 0 spiro atoms. The molecule has 3 aromatic rings. The van der Waals surface area contributed by atoms with Gasteiger partial charge in [-0.1, -0.05) is 44.2 Å². The number of rotatable bonds is 7. The maximum atomic E-state index is 13.1. The van der Waals surface area contributed by atoms with E-state index in [9.17, 15) is 13.2 Å². The Morgan fingerprint density at radius 1 is 1.00 bits per heavy atom. The number of fused-ring (bicyclic) bond motifs is 1. The zero-order chi connectivity index (χ0) is 25.2. The standard InChI is InChI=1S/C28H34N2O4S/c1-20(2)22-8-11-27(12-9-22)35(32,33)30-15-13-23(14-16-30)28(31)29(3)19-21-5-6-25-18-26(34-4)10-7-24(25)17-21/h5-12,17-18,20,23H,13-16,19H2,1-4H3. The molecule has 6 nitrogen and oxygen atoms in total. The van der Waals surface area contributed by atoms with Crippen molar-refractivity contribution in [2.24, 2.45) is 5.92 Å². The lowest BCUT2D eigenvalue weighted by Gasteiger charge is -2.32. The van der Waals surface area contributed by atoms with Gasteiger partial charge in [0, 0.05) is 32.6 Å². The molecular formula is C28H34N2O4S. The number of sulfonamides is 1. The molecule has 0 unspecified atom stereocenters. The summed E-state index contributed by atoms with van der Waals surface area (Å²) in [5.74, 6) is 1.07. The normalized spacial score (nSPS) is 15.5. The Bertz CT molecular complexity index is 1290. The van der Waals surface area contributed by atoms with Crippen LogP contribution < -0.4 is 4.74 Å². The van der Waals surface area contributed by atoms with Crippen LogP contribution in [0.15, 0.2) is 65.6 Å². The van der Waals surface area contributed by atoms with Crippen molar-refractivity contribution in [2.75, 3.05) is 27.2 Å². The van der Waals surface area contributed by atoms with Gasteiger partial charge in [0.25, 0.3) is 0 Å². The van der Waals surface area contributed by atoms with Gasteiger partial charge >= 0.3 is 0 Å². The fourth-order valence-electron chi connectivity index (χ4n) is 4.68. The van der Waals surface area contributed by atoms with E-state index in [2.05, 4.69) is 19.9 Å². The summed E-state index contributed by atoms with van der Waals surface area (Å²) in [6.07, 6.45) is 1.06. The van der Waals surface area contributed by atoms with E-state index in [0.29, 0.717) is 43.3 Å². The first-order chi connectivity index (χ1) is 16.7. The molecule has 1 aliphatic heterocycles. The van der Waals surface area contributed by atoms with Crippen LogP contribution in [0.1, 0.15) is 43.7 Å². The molecule has 1 heterocycles. The molecule has 186 valence electrons. The van der Waals surface area contributed by atoms with Crippen molar-refractivity contribution < 1.29 is 17.9 Å². The summed E-state index contributed by atoms with van der Waals surface area (Å²) < 4.78 is 33.0. The van der Waals surface area contributed by atoms with E-state index < -0.39 is 10.0 Å². The molecule has 1 amide bonds. The van der Waals surface area contributed by atoms with Crippen molar-refractivity contribution in [3.63, 3.8) is 0 Å². The van der Waals surface area contributed by atoms with Crippen LogP contribution >= 0.6 is 0 Å². The smallest absolute Gasteiger partial charge is 0.243 e. The Morgan fingerprint density at radius 3 is 2.26 bits per heavy atom. The number of benzene rings is 3. The average Bonchev–Trinajstić information content (AvgIpc) is 2.88. The Morgan fingerprint density at radius 2 is 1.63 bits per heavy atom. The highest BCUT2D eigenvalue weighted by atomic mass is 32.2. The average molecular weight is 495 g/mol. The van der Waals surface area contributed by atoms with E-state index in [1.165, 1.54) is 4.31 Å². The summed E-state index contributed by atoms with van der Waals surface area (Å²) in [5.41, 5.74) is 2.17. The molecule has 0 N–H and O–H groups in total. The summed E-state index contributed by atoms with van der Waals surface area (Å²) >= 11 is 0.